The predicted octanol–water partition coefficient (Wildman–Crippen LogP) is 4.16. The summed E-state index contributed by atoms with van der Waals surface area (Å²) in [6.45, 7) is 1.82. The van der Waals surface area contributed by atoms with Crippen molar-refractivity contribution in [2.75, 3.05) is 7.11 Å². The Labute approximate surface area is 169 Å². The summed E-state index contributed by atoms with van der Waals surface area (Å²) in [6.07, 6.45) is 1.46. The van der Waals surface area contributed by atoms with Gasteiger partial charge in [0, 0.05) is 11.1 Å². The van der Waals surface area contributed by atoms with E-state index in [9.17, 15) is 20.0 Å². The predicted molar refractivity (Wildman–Crippen MR) is 108 cm³/mol. The summed E-state index contributed by atoms with van der Waals surface area (Å²) in [4.78, 5) is 27.3. The minimum atomic E-state index is -0.726. The number of rotatable bonds is 4. The van der Waals surface area contributed by atoms with Crippen molar-refractivity contribution in [3.63, 3.8) is 0 Å². The molecule has 10 heteroatoms. The number of amides is 1. The number of methoxy groups -OCH3 is 1. The van der Waals surface area contributed by atoms with Gasteiger partial charge < -0.3 is 15.2 Å². The highest BCUT2D eigenvalue weighted by atomic mass is 35.5. The third-order valence-electron chi connectivity index (χ3n) is 3.90. The van der Waals surface area contributed by atoms with Crippen LogP contribution >= 0.6 is 23.4 Å². The van der Waals surface area contributed by atoms with Crippen LogP contribution in [0.15, 0.2) is 40.2 Å². The van der Waals surface area contributed by atoms with Gasteiger partial charge in [0.15, 0.2) is 10.9 Å². The molecule has 28 heavy (non-hydrogen) atoms. The molecule has 2 N–H and O–H groups in total. The standard InChI is InChI=1S/C18H14ClN3O5S/c1-9-11(19)4-3-5-12(9)20-18-21-17(24)15(28-18)8-10-6-13(22(25)26)16(23)14(7-10)27-2/h3-8,23H,1-2H3,(H,20,21,24)/b15-8+. The first-order valence-electron chi connectivity index (χ1n) is 7.90. The Morgan fingerprint density at radius 1 is 1.39 bits per heavy atom. The van der Waals surface area contributed by atoms with Crippen LogP contribution in [0.25, 0.3) is 6.08 Å². The molecule has 144 valence electrons. The van der Waals surface area contributed by atoms with E-state index in [4.69, 9.17) is 16.3 Å². The summed E-state index contributed by atoms with van der Waals surface area (Å²) in [5.41, 5.74) is 1.22. The molecular weight excluding hydrogens is 406 g/mol. The SMILES string of the molecule is COc1cc(/C=C2/SC(=Nc3cccc(Cl)c3C)NC2=O)cc([N+](=O)[O-])c1O. The molecule has 0 radical (unpaired) electrons. The number of aromatic hydroxyl groups is 1. The highest BCUT2D eigenvalue weighted by molar-refractivity contribution is 8.18. The third kappa shape index (κ3) is 3.95. The lowest BCUT2D eigenvalue weighted by molar-refractivity contribution is -0.386. The number of halogens is 1. The van der Waals surface area contributed by atoms with Gasteiger partial charge in [-0.05, 0) is 54.1 Å². The fraction of sp³-hybridized carbons (Fsp3) is 0.111. The van der Waals surface area contributed by atoms with Gasteiger partial charge >= 0.3 is 5.69 Å². The fourth-order valence-electron chi connectivity index (χ4n) is 2.45. The van der Waals surface area contributed by atoms with E-state index in [2.05, 4.69) is 10.3 Å². The van der Waals surface area contributed by atoms with Gasteiger partial charge in [-0.1, -0.05) is 17.7 Å². The normalized spacial score (nSPS) is 16.5. The molecule has 0 aromatic heterocycles. The van der Waals surface area contributed by atoms with Crippen molar-refractivity contribution in [2.45, 2.75) is 6.92 Å². The lowest BCUT2D eigenvalue weighted by Gasteiger charge is -2.05. The van der Waals surface area contributed by atoms with E-state index in [1.165, 1.54) is 19.3 Å². The second-order valence-electron chi connectivity index (χ2n) is 5.71. The molecule has 3 rings (SSSR count). The zero-order valence-corrected chi connectivity index (χ0v) is 16.3. The number of phenols is 1. The number of ether oxygens (including phenoxy) is 1. The number of phenolic OH excluding ortho intramolecular Hbond substituents is 1. The minimum absolute atomic E-state index is 0.0621. The molecule has 1 aliphatic heterocycles. The number of hydrogen-bond donors (Lipinski definition) is 2. The lowest BCUT2D eigenvalue weighted by atomic mass is 10.1. The van der Waals surface area contributed by atoms with Crippen molar-refractivity contribution in [3.05, 3.63) is 61.5 Å². The van der Waals surface area contributed by atoms with Crippen LogP contribution in [0.5, 0.6) is 11.5 Å². The zero-order valence-electron chi connectivity index (χ0n) is 14.7. The maximum Gasteiger partial charge on any atom is 0.315 e. The summed E-state index contributed by atoms with van der Waals surface area (Å²) in [6, 6.07) is 7.84. The Bertz CT molecular complexity index is 1050. The van der Waals surface area contributed by atoms with Crippen LogP contribution in [-0.4, -0.2) is 28.2 Å². The average Bonchev–Trinajstić information content (AvgIpc) is 2.99. The van der Waals surface area contributed by atoms with Crippen molar-refractivity contribution in [1.82, 2.24) is 5.32 Å². The zero-order chi connectivity index (χ0) is 20.4. The van der Waals surface area contributed by atoms with Gasteiger partial charge in [0.05, 0.1) is 22.6 Å². The summed E-state index contributed by atoms with van der Waals surface area (Å²) in [5, 5.41) is 24.5. The molecule has 2 aromatic rings. The first-order valence-corrected chi connectivity index (χ1v) is 9.09. The number of nitrogens with one attached hydrogen (secondary N) is 1. The number of benzene rings is 2. The number of nitro benzene ring substituents is 1. The molecule has 0 atom stereocenters. The average molecular weight is 420 g/mol. The van der Waals surface area contributed by atoms with Crippen molar-refractivity contribution < 1.29 is 19.6 Å². The van der Waals surface area contributed by atoms with Crippen molar-refractivity contribution in [3.8, 4) is 11.5 Å². The molecule has 1 fully saturated rings. The Morgan fingerprint density at radius 2 is 2.14 bits per heavy atom. The molecule has 0 bridgehead atoms. The van der Waals surface area contributed by atoms with Crippen LogP contribution in [0.4, 0.5) is 11.4 Å². The van der Waals surface area contributed by atoms with Gasteiger partial charge in [0.1, 0.15) is 0 Å². The third-order valence-corrected chi connectivity index (χ3v) is 5.22. The van der Waals surface area contributed by atoms with E-state index in [1.807, 2.05) is 6.92 Å². The molecule has 0 spiro atoms. The molecule has 0 aliphatic carbocycles. The maximum absolute atomic E-state index is 12.2. The molecule has 1 aliphatic rings. The highest BCUT2D eigenvalue weighted by Gasteiger charge is 2.25. The topological polar surface area (TPSA) is 114 Å². The molecule has 2 aromatic carbocycles. The Morgan fingerprint density at radius 3 is 2.82 bits per heavy atom. The van der Waals surface area contributed by atoms with E-state index in [-0.39, 0.29) is 5.75 Å². The minimum Gasteiger partial charge on any atom is -0.500 e. The van der Waals surface area contributed by atoms with Crippen LogP contribution in [-0.2, 0) is 4.79 Å². The van der Waals surface area contributed by atoms with Crippen LogP contribution in [0, 0.1) is 17.0 Å². The smallest absolute Gasteiger partial charge is 0.315 e. The summed E-state index contributed by atoms with van der Waals surface area (Å²) < 4.78 is 4.96. The van der Waals surface area contributed by atoms with E-state index in [1.54, 1.807) is 18.2 Å². The molecule has 1 saturated heterocycles. The lowest BCUT2D eigenvalue weighted by Crippen LogP contribution is -2.19. The Balaban J connectivity index is 1.95. The number of hydrogen-bond acceptors (Lipinski definition) is 7. The Hall–Kier alpha value is -3.04. The molecule has 1 heterocycles. The largest absolute Gasteiger partial charge is 0.500 e. The van der Waals surface area contributed by atoms with Gasteiger partial charge in [0.25, 0.3) is 5.91 Å². The molecule has 8 nitrogen and oxygen atoms in total. The van der Waals surface area contributed by atoms with E-state index < -0.39 is 22.3 Å². The molecule has 1 amide bonds. The van der Waals surface area contributed by atoms with Crippen molar-refractivity contribution in [1.29, 1.82) is 0 Å². The molecule has 0 saturated carbocycles. The number of nitrogens with zero attached hydrogens (tertiary/aromatic N) is 2. The number of thioether (sulfide) groups is 1. The number of carbonyl (C=O) groups excluding carboxylic acids is 1. The molecular formula is C18H14ClN3O5S. The monoisotopic (exact) mass is 419 g/mol. The second kappa shape index (κ2) is 7.91. The first kappa shape index (κ1) is 19.7. The summed E-state index contributed by atoms with van der Waals surface area (Å²) in [5.74, 6) is -1.03. The number of amidine groups is 1. The van der Waals surface area contributed by atoms with Gasteiger partial charge in [-0.2, -0.15) is 0 Å². The van der Waals surface area contributed by atoms with Crippen LogP contribution in [0.2, 0.25) is 5.02 Å². The Kier molecular flexibility index (Phi) is 5.57. The van der Waals surface area contributed by atoms with Crippen LogP contribution < -0.4 is 10.1 Å². The number of nitro groups is 1. The van der Waals surface area contributed by atoms with Crippen molar-refractivity contribution in [2.24, 2.45) is 4.99 Å². The highest BCUT2D eigenvalue weighted by Crippen LogP contribution is 2.38. The van der Waals surface area contributed by atoms with Gasteiger partial charge in [-0.3, -0.25) is 14.9 Å². The van der Waals surface area contributed by atoms with E-state index in [0.717, 1.165) is 23.4 Å². The second-order valence-corrected chi connectivity index (χ2v) is 7.15. The van der Waals surface area contributed by atoms with Gasteiger partial charge in [0.2, 0.25) is 5.75 Å². The van der Waals surface area contributed by atoms with Crippen LogP contribution in [0.1, 0.15) is 11.1 Å². The van der Waals surface area contributed by atoms with Crippen molar-refractivity contribution >= 4 is 51.9 Å². The number of carbonyl (C=O) groups is 1. The maximum atomic E-state index is 12.2. The summed E-state index contributed by atoms with van der Waals surface area (Å²) in [7, 11) is 1.28. The van der Waals surface area contributed by atoms with Crippen LogP contribution in [0.3, 0.4) is 0 Å². The number of aliphatic imine (C=N–C) groups is 1. The van der Waals surface area contributed by atoms with Gasteiger partial charge in [-0.15, -0.1) is 0 Å². The van der Waals surface area contributed by atoms with Gasteiger partial charge in [-0.25, -0.2) is 4.99 Å². The molecule has 0 unspecified atom stereocenters. The quantitative estimate of drug-likeness (QED) is 0.437. The van der Waals surface area contributed by atoms with E-state index in [0.29, 0.717) is 26.3 Å². The fourth-order valence-corrected chi connectivity index (χ4v) is 3.45. The summed E-state index contributed by atoms with van der Waals surface area (Å²) >= 11 is 7.17. The first-order chi connectivity index (χ1) is 13.3. The van der Waals surface area contributed by atoms with E-state index >= 15 is 0 Å².